The van der Waals surface area contributed by atoms with Crippen LogP contribution in [0.5, 0.6) is 5.75 Å². The Morgan fingerprint density at radius 3 is 3.00 bits per heavy atom. The second-order valence-electron chi connectivity index (χ2n) is 4.47. The molecule has 1 atom stereocenters. The molecule has 0 fully saturated rings. The first-order valence-electron chi connectivity index (χ1n) is 5.96. The number of amides is 1. The van der Waals surface area contributed by atoms with Crippen LogP contribution < -0.4 is 5.73 Å². The number of aryl methyl sites for hydroxylation is 1. The van der Waals surface area contributed by atoms with Gasteiger partial charge in [-0.1, -0.05) is 13.0 Å². The number of carbonyl (C=O) groups is 1. The highest BCUT2D eigenvalue weighted by atomic mass is 16.3. The number of hydrogen-bond donors (Lipinski definition) is 2. The number of primary amides is 1. The fourth-order valence-electron chi connectivity index (χ4n) is 2.60. The molecule has 0 saturated carbocycles. The van der Waals surface area contributed by atoms with E-state index < -0.39 is 0 Å². The molecule has 0 bridgehead atoms. The average molecular weight is 234 g/mol. The summed E-state index contributed by atoms with van der Waals surface area (Å²) in [4.78, 5) is 13.1. The zero-order valence-electron chi connectivity index (χ0n) is 10.0. The largest absolute Gasteiger partial charge is 0.508 e. The highest BCUT2D eigenvalue weighted by Crippen LogP contribution is 2.36. The summed E-state index contributed by atoms with van der Waals surface area (Å²) < 4.78 is 0. The maximum Gasteiger partial charge on any atom is 0.231 e. The van der Waals surface area contributed by atoms with Crippen molar-refractivity contribution in [3.8, 4) is 5.75 Å². The van der Waals surface area contributed by atoms with Crippen LogP contribution in [-0.4, -0.2) is 29.0 Å². The molecule has 1 aliphatic carbocycles. The number of likely N-dealkylation sites (N-methyl/N-ethyl adjacent to an activating group) is 1. The van der Waals surface area contributed by atoms with E-state index in [9.17, 15) is 9.90 Å². The van der Waals surface area contributed by atoms with Gasteiger partial charge in [0.05, 0.1) is 6.54 Å². The Kier molecular flexibility index (Phi) is 3.33. The molecule has 4 heteroatoms. The Hall–Kier alpha value is -1.55. The number of phenols is 1. The summed E-state index contributed by atoms with van der Waals surface area (Å²) in [6, 6.07) is 5.72. The minimum atomic E-state index is -0.293. The summed E-state index contributed by atoms with van der Waals surface area (Å²) in [5, 5.41) is 9.44. The third-order valence-corrected chi connectivity index (χ3v) is 3.38. The zero-order chi connectivity index (χ0) is 12.4. The summed E-state index contributed by atoms with van der Waals surface area (Å²) in [5.74, 6) is 0.0152. The van der Waals surface area contributed by atoms with Crippen LogP contribution in [0.25, 0.3) is 0 Å². The molecule has 0 spiro atoms. The molecule has 2 rings (SSSR count). The second-order valence-corrected chi connectivity index (χ2v) is 4.47. The summed E-state index contributed by atoms with van der Waals surface area (Å²) in [6.07, 6.45) is 1.93. The Morgan fingerprint density at radius 2 is 2.35 bits per heavy atom. The van der Waals surface area contributed by atoms with Crippen molar-refractivity contribution in [1.29, 1.82) is 0 Å². The quantitative estimate of drug-likeness (QED) is 0.822. The summed E-state index contributed by atoms with van der Waals surface area (Å²) >= 11 is 0. The van der Waals surface area contributed by atoms with E-state index in [0.717, 1.165) is 19.4 Å². The number of phenolic OH excluding ortho intramolecular Hbond substituents is 1. The lowest BCUT2D eigenvalue weighted by molar-refractivity contribution is -0.119. The maximum absolute atomic E-state index is 11.0. The van der Waals surface area contributed by atoms with Gasteiger partial charge >= 0.3 is 0 Å². The van der Waals surface area contributed by atoms with Gasteiger partial charge in [0.1, 0.15) is 5.75 Å². The normalized spacial score (nSPS) is 18.4. The molecule has 1 amide bonds. The van der Waals surface area contributed by atoms with Gasteiger partial charge in [-0.2, -0.15) is 0 Å². The van der Waals surface area contributed by atoms with Gasteiger partial charge in [0, 0.05) is 6.04 Å². The van der Waals surface area contributed by atoms with E-state index in [1.807, 2.05) is 19.1 Å². The van der Waals surface area contributed by atoms with Gasteiger partial charge in [-0.05, 0) is 42.6 Å². The van der Waals surface area contributed by atoms with Crippen molar-refractivity contribution in [1.82, 2.24) is 4.90 Å². The Bertz CT molecular complexity index is 431. The van der Waals surface area contributed by atoms with Gasteiger partial charge in [0.15, 0.2) is 0 Å². The predicted molar refractivity (Wildman–Crippen MR) is 65.6 cm³/mol. The van der Waals surface area contributed by atoms with Crippen molar-refractivity contribution in [2.45, 2.75) is 25.8 Å². The van der Waals surface area contributed by atoms with Gasteiger partial charge in [-0.15, -0.1) is 0 Å². The van der Waals surface area contributed by atoms with E-state index in [2.05, 4.69) is 4.90 Å². The van der Waals surface area contributed by atoms with E-state index in [1.54, 1.807) is 6.07 Å². The molecule has 4 nitrogen and oxygen atoms in total. The number of aromatic hydroxyl groups is 1. The second kappa shape index (κ2) is 4.75. The summed E-state index contributed by atoms with van der Waals surface area (Å²) in [7, 11) is 0. The number of nitrogens with two attached hydrogens (primary N) is 1. The van der Waals surface area contributed by atoms with Crippen molar-refractivity contribution >= 4 is 5.91 Å². The van der Waals surface area contributed by atoms with Crippen molar-refractivity contribution < 1.29 is 9.90 Å². The molecule has 1 aromatic rings. The standard InChI is InChI=1S/C13H18N2O2/c1-2-15(8-13(14)17)12-6-3-9-7-10(16)4-5-11(9)12/h4-5,7,12,16H,2-3,6,8H2,1H3,(H2,14,17). The molecule has 0 aliphatic heterocycles. The van der Waals surface area contributed by atoms with Crippen LogP contribution in [0.4, 0.5) is 0 Å². The monoisotopic (exact) mass is 234 g/mol. The Morgan fingerprint density at radius 1 is 1.59 bits per heavy atom. The first-order chi connectivity index (χ1) is 8.11. The van der Waals surface area contributed by atoms with Gasteiger partial charge in [-0.3, -0.25) is 9.69 Å². The lowest BCUT2D eigenvalue weighted by Gasteiger charge is -2.26. The van der Waals surface area contributed by atoms with Crippen molar-refractivity contribution in [3.63, 3.8) is 0 Å². The summed E-state index contributed by atoms with van der Waals surface area (Å²) in [5.41, 5.74) is 7.65. The van der Waals surface area contributed by atoms with Crippen molar-refractivity contribution in [2.75, 3.05) is 13.1 Å². The minimum Gasteiger partial charge on any atom is -0.508 e. The molecule has 0 radical (unpaired) electrons. The Labute approximate surface area is 101 Å². The van der Waals surface area contributed by atoms with Gasteiger partial charge in [-0.25, -0.2) is 0 Å². The molecular weight excluding hydrogens is 216 g/mol. The fourth-order valence-corrected chi connectivity index (χ4v) is 2.60. The van der Waals surface area contributed by atoms with Gasteiger partial charge in [0.2, 0.25) is 5.91 Å². The van der Waals surface area contributed by atoms with E-state index in [4.69, 9.17) is 5.73 Å². The number of rotatable bonds is 4. The molecule has 1 aliphatic rings. The van der Waals surface area contributed by atoms with E-state index in [-0.39, 0.29) is 11.9 Å². The first-order valence-corrected chi connectivity index (χ1v) is 5.96. The number of nitrogens with zero attached hydrogens (tertiary/aromatic N) is 1. The average Bonchev–Trinajstić information content (AvgIpc) is 2.68. The fraction of sp³-hybridized carbons (Fsp3) is 0.462. The van der Waals surface area contributed by atoms with Crippen LogP contribution in [0.3, 0.4) is 0 Å². The molecule has 0 aromatic heterocycles. The molecule has 0 heterocycles. The molecule has 1 unspecified atom stereocenters. The third kappa shape index (κ3) is 2.42. The number of benzene rings is 1. The molecule has 92 valence electrons. The predicted octanol–water partition coefficient (Wildman–Crippen LogP) is 1.19. The molecular formula is C13H18N2O2. The topological polar surface area (TPSA) is 66.6 Å². The summed E-state index contributed by atoms with van der Waals surface area (Å²) in [6.45, 7) is 3.12. The van der Waals surface area contributed by atoms with E-state index >= 15 is 0 Å². The van der Waals surface area contributed by atoms with E-state index in [0.29, 0.717) is 12.3 Å². The van der Waals surface area contributed by atoms with Crippen molar-refractivity contribution in [2.24, 2.45) is 5.73 Å². The van der Waals surface area contributed by atoms with Crippen LogP contribution in [0.15, 0.2) is 18.2 Å². The number of hydrogen-bond acceptors (Lipinski definition) is 3. The smallest absolute Gasteiger partial charge is 0.231 e. The molecule has 3 N–H and O–H groups in total. The number of carbonyl (C=O) groups excluding carboxylic acids is 1. The van der Waals surface area contributed by atoms with E-state index in [1.165, 1.54) is 11.1 Å². The van der Waals surface area contributed by atoms with Crippen LogP contribution in [0.2, 0.25) is 0 Å². The number of fused-ring (bicyclic) bond motifs is 1. The minimum absolute atomic E-state index is 0.253. The van der Waals surface area contributed by atoms with Crippen LogP contribution in [0, 0.1) is 0 Å². The molecule has 0 saturated heterocycles. The highest BCUT2D eigenvalue weighted by Gasteiger charge is 2.27. The lowest BCUT2D eigenvalue weighted by Crippen LogP contribution is -2.35. The first kappa shape index (κ1) is 11.9. The molecule has 17 heavy (non-hydrogen) atoms. The van der Waals surface area contributed by atoms with Crippen molar-refractivity contribution in [3.05, 3.63) is 29.3 Å². The third-order valence-electron chi connectivity index (χ3n) is 3.38. The Balaban J connectivity index is 2.22. The lowest BCUT2D eigenvalue weighted by atomic mass is 10.1. The maximum atomic E-state index is 11.0. The SMILES string of the molecule is CCN(CC(N)=O)C1CCc2cc(O)ccc21. The van der Waals surface area contributed by atoms with Crippen LogP contribution >= 0.6 is 0 Å². The van der Waals surface area contributed by atoms with Crippen LogP contribution in [-0.2, 0) is 11.2 Å². The van der Waals surface area contributed by atoms with Gasteiger partial charge < -0.3 is 10.8 Å². The van der Waals surface area contributed by atoms with Gasteiger partial charge in [0.25, 0.3) is 0 Å². The highest BCUT2D eigenvalue weighted by molar-refractivity contribution is 5.76. The molecule has 1 aromatic carbocycles. The van der Waals surface area contributed by atoms with Crippen LogP contribution in [0.1, 0.15) is 30.5 Å². The zero-order valence-corrected chi connectivity index (χ0v) is 10.0.